The van der Waals surface area contributed by atoms with Crippen LogP contribution >= 0.6 is 0 Å². The Morgan fingerprint density at radius 2 is 1.00 bits per heavy atom. The van der Waals surface area contributed by atoms with Crippen molar-refractivity contribution in [2.24, 2.45) is 0 Å². The number of nitrogens with two attached hydrogens (primary N) is 1. The van der Waals surface area contributed by atoms with Crippen LogP contribution in [0, 0.1) is 13.8 Å². The number of nitrogens with zero attached hydrogens (tertiary/aromatic N) is 1. The summed E-state index contributed by atoms with van der Waals surface area (Å²) in [6, 6.07) is 33.9. The van der Waals surface area contributed by atoms with E-state index < -0.39 is 0 Å². The third-order valence-electron chi connectivity index (χ3n) is 4.89. The Hall–Kier alpha value is -3.52. The van der Waals surface area contributed by atoms with Gasteiger partial charge in [-0.15, -0.1) is 0 Å². The molecule has 0 aliphatic heterocycles. The number of nitrogen functional groups attached to an aromatic ring is 1. The summed E-state index contributed by atoms with van der Waals surface area (Å²) in [5, 5.41) is 0. The molecule has 28 heavy (non-hydrogen) atoms. The van der Waals surface area contributed by atoms with E-state index in [1.54, 1.807) is 0 Å². The van der Waals surface area contributed by atoms with Gasteiger partial charge >= 0.3 is 0 Å². The van der Waals surface area contributed by atoms with Crippen LogP contribution in [-0.2, 0) is 0 Å². The summed E-state index contributed by atoms with van der Waals surface area (Å²) in [5.41, 5.74) is 14.9. The van der Waals surface area contributed by atoms with Crippen molar-refractivity contribution in [3.8, 4) is 11.1 Å². The highest BCUT2D eigenvalue weighted by Crippen LogP contribution is 2.36. The van der Waals surface area contributed by atoms with Crippen molar-refractivity contribution in [3.05, 3.63) is 108 Å². The molecule has 0 fully saturated rings. The van der Waals surface area contributed by atoms with Crippen LogP contribution in [0.1, 0.15) is 11.1 Å². The summed E-state index contributed by atoms with van der Waals surface area (Å²) >= 11 is 0. The Balaban J connectivity index is 1.77. The van der Waals surface area contributed by atoms with Crippen molar-refractivity contribution in [2.75, 3.05) is 10.6 Å². The number of hydrogen-bond donors (Lipinski definition) is 1. The fourth-order valence-corrected chi connectivity index (χ4v) is 3.46. The molecule has 0 aromatic heterocycles. The molecule has 4 aromatic rings. The van der Waals surface area contributed by atoms with Gasteiger partial charge in [0.05, 0.1) is 0 Å². The molecular weight excluding hydrogens is 340 g/mol. The molecule has 4 rings (SSSR count). The number of rotatable bonds is 4. The molecule has 0 unspecified atom stereocenters. The smallest absolute Gasteiger partial charge is 0.0464 e. The van der Waals surface area contributed by atoms with E-state index >= 15 is 0 Å². The highest BCUT2D eigenvalue weighted by Gasteiger charge is 2.13. The maximum atomic E-state index is 5.82. The zero-order valence-corrected chi connectivity index (χ0v) is 16.3. The lowest BCUT2D eigenvalue weighted by Crippen LogP contribution is -2.10. The minimum atomic E-state index is 0.783. The summed E-state index contributed by atoms with van der Waals surface area (Å²) in [4.78, 5) is 2.30. The summed E-state index contributed by atoms with van der Waals surface area (Å²) in [6.45, 7) is 4.25. The average Bonchev–Trinajstić information content (AvgIpc) is 2.70. The molecule has 138 valence electrons. The topological polar surface area (TPSA) is 29.3 Å². The van der Waals surface area contributed by atoms with E-state index in [4.69, 9.17) is 5.73 Å². The van der Waals surface area contributed by atoms with Crippen molar-refractivity contribution < 1.29 is 0 Å². The van der Waals surface area contributed by atoms with Gasteiger partial charge in [0.1, 0.15) is 0 Å². The Labute approximate surface area is 166 Å². The van der Waals surface area contributed by atoms with Crippen molar-refractivity contribution >= 4 is 22.7 Å². The zero-order valence-electron chi connectivity index (χ0n) is 16.3. The van der Waals surface area contributed by atoms with Gasteiger partial charge in [0.25, 0.3) is 0 Å². The molecule has 0 saturated carbocycles. The van der Waals surface area contributed by atoms with Crippen molar-refractivity contribution in [3.63, 3.8) is 0 Å². The fourth-order valence-electron chi connectivity index (χ4n) is 3.46. The normalized spacial score (nSPS) is 10.6. The summed E-state index contributed by atoms with van der Waals surface area (Å²) in [7, 11) is 0. The molecule has 0 saturated heterocycles. The van der Waals surface area contributed by atoms with Gasteiger partial charge in [0.2, 0.25) is 0 Å². The highest BCUT2D eigenvalue weighted by molar-refractivity contribution is 5.78. The number of aryl methyl sites for hydroxylation is 2. The molecule has 4 aromatic carbocycles. The van der Waals surface area contributed by atoms with E-state index in [0.29, 0.717) is 0 Å². The highest BCUT2D eigenvalue weighted by atomic mass is 15.1. The SMILES string of the molecule is Cc1cccc(N(c2ccc(-c3ccc(N)cc3)cc2)c2cccc(C)c2)c1. The van der Waals surface area contributed by atoms with Gasteiger partial charge in [-0.1, -0.05) is 48.5 Å². The first-order valence-electron chi connectivity index (χ1n) is 9.49. The third kappa shape index (κ3) is 3.77. The average molecular weight is 364 g/mol. The maximum absolute atomic E-state index is 5.82. The molecular formula is C26H24N2. The van der Waals surface area contributed by atoms with Gasteiger partial charge < -0.3 is 10.6 Å². The second-order valence-electron chi connectivity index (χ2n) is 7.18. The molecule has 0 bridgehead atoms. The van der Waals surface area contributed by atoms with Crippen LogP contribution in [0.2, 0.25) is 0 Å². The van der Waals surface area contributed by atoms with E-state index in [1.807, 2.05) is 12.1 Å². The Morgan fingerprint density at radius 3 is 1.46 bits per heavy atom. The van der Waals surface area contributed by atoms with E-state index in [2.05, 4.69) is 104 Å². The summed E-state index contributed by atoms with van der Waals surface area (Å²) in [6.07, 6.45) is 0. The minimum absolute atomic E-state index is 0.783. The standard InChI is InChI=1S/C26H24N2/c1-19-5-3-7-25(17-19)28(26-8-4-6-20(2)18-26)24-15-11-22(12-16-24)21-9-13-23(27)14-10-21/h3-18H,27H2,1-2H3. The Morgan fingerprint density at radius 1 is 0.536 bits per heavy atom. The molecule has 2 heteroatoms. The predicted molar refractivity (Wildman–Crippen MR) is 120 cm³/mol. The Bertz CT molecular complexity index is 1030. The van der Waals surface area contributed by atoms with Gasteiger partial charge in [0.15, 0.2) is 0 Å². The lowest BCUT2D eigenvalue weighted by atomic mass is 10.0. The molecule has 0 spiro atoms. The maximum Gasteiger partial charge on any atom is 0.0464 e. The molecule has 0 amide bonds. The van der Waals surface area contributed by atoms with E-state index in [0.717, 1.165) is 22.7 Å². The van der Waals surface area contributed by atoms with Gasteiger partial charge in [-0.05, 0) is 84.6 Å². The first-order chi connectivity index (χ1) is 13.6. The Kier molecular flexibility index (Phi) is 4.86. The van der Waals surface area contributed by atoms with Crippen molar-refractivity contribution in [1.29, 1.82) is 0 Å². The van der Waals surface area contributed by atoms with Crippen LogP contribution in [-0.4, -0.2) is 0 Å². The molecule has 0 radical (unpaired) electrons. The van der Waals surface area contributed by atoms with Crippen LogP contribution in [0.25, 0.3) is 11.1 Å². The molecule has 0 atom stereocenters. The van der Waals surface area contributed by atoms with Gasteiger partial charge in [-0.2, -0.15) is 0 Å². The summed E-state index contributed by atoms with van der Waals surface area (Å²) < 4.78 is 0. The van der Waals surface area contributed by atoms with Gasteiger partial charge in [-0.25, -0.2) is 0 Å². The lowest BCUT2D eigenvalue weighted by molar-refractivity contribution is 1.26. The quantitative estimate of drug-likeness (QED) is 0.394. The molecule has 2 N–H and O–H groups in total. The second-order valence-corrected chi connectivity index (χ2v) is 7.18. The fraction of sp³-hybridized carbons (Fsp3) is 0.0769. The van der Waals surface area contributed by atoms with Crippen LogP contribution in [0.3, 0.4) is 0 Å². The first-order valence-corrected chi connectivity index (χ1v) is 9.49. The molecule has 0 heterocycles. The molecule has 2 nitrogen and oxygen atoms in total. The van der Waals surface area contributed by atoms with Gasteiger partial charge in [-0.3, -0.25) is 0 Å². The van der Waals surface area contributed by atoms with Crippen LogP contribution in [0.4, 0.5) is 22.7 Å². The first kappa shape index (κ1) is 17.9. The third-order valence-corrected chi connectivity index (χ3v) is 4.89. The number of anilines is 4. The van der Waals surface area contributed by atoms with Gasteiger partial charge in [0, 0.05) is 22.7 Å². The van der Waals surface area contributed by atoms with Crippen molar-refractivity contribution in [2.45, 2.75) is 13.8 Å². The van der Waals surface area contributed by atoms with Crippen LogP contribution in [0.15, 0.2) is 97.1 Å². The zero-order chi connectivity index (χ0) is 19.5. The van der Waals surface area contributed by atoms with E-state index in [1.165, 1.54) is 22.3 Å². The number of hydrogen-bond acceptors (Lipinski definition) is 2. The minimum Gasteiger partial charge on any atom is -0.399 e. The lowest BCUT2D eigenvalue weighted by Gasteiger charge is -2.26. The predicted octanol–water partition coefficient (Wildman–Crippen LogP) is 7.02. The van der Waals surface area contributed by atoms with E-state index in [9.17, 15) is 0 Å². The largest absolute Gasteiger partial charge is 0.399 e. The van der Waals surface area contributed by atoms with E-state index in [-0.39, 0.29) is 0 Å². The van der Waals surface area contributed by atoms with Crippen LogP contribution < -0.4 is 10.6 Å². The van der Waals surface area contributed by atoms with Crippen molar-refractivity contribution in [1.82, 2.24) is 0 Å². The molecule has 0 aliphatic carbocycles. The number of benzene rings is 4. The second kappa shape index (κ2) is 7.61. The van der Waals surface area contributed by atoms with Crippen LogP contribution in [0.5, 0.6) is 0 Å². The molecule has 0 aliphatic rings. The monoisotopic (exact) mass is 364 g/mol. The summed E-state index contributed by atoms with van der Waals surface area (Å²) in [5.74, 6) is 0.